The Morgan fingerprint density at radius 3 is 1.84 bits per heavy atom. The number of nitrogens with zero attached hydrogens (tertiary/aromatic N) is 1. The summed E-state index contributed by atoms with van der Waals surface area (Å²) in [7, 11) is 0. The van der Waals surface area contributed by atoms with Crippen LogP contribution in [0.15, 0.2) is 66.7 Å². The predicted octanol–water partition coefficient (Wildman–Crippen LogP) is 6.47. The first kappa shape index (κ1) is 24.7. The summed E-state index contributed by atoms with van der Waals surface area (Å²) in [6, 6.07) is 19.5. The average molecular weight is 424 g/mol. The van der Waals surface area contributed by atoms with Crippen LogP contribution in [-0.2, 0) is 4.74 Å². The van der Waals surface area contributed by atoms with Crippen molar-refractivity contribution in [2.24, 2.45) is 5.41 Å². The average Bonchev–Trinajstić information content (AvgIpc) is 2.70. The second-order valence-electron chi connectivity index (χ2n) is 9.61. The van der Waals surface area contributed by atoms with Crippen molar-refractivity contribution in [1.29, 1.82) is 0 Å². The fourth-order valence-electron chi connectivity index (χ4n) is 3.70. The standard InChI is InChI=1S/C27H37NO3/c1-19(2)28(20(3)4)26(30)31-24(22-16-12-9-13-17-22)18-23(25(29)27(5,6)7)21-14-10-8-11-15-21/h8-20,23,25,29H,1-7H3/b24-18-/t23-,25+/m1/s1. The Bertz CT molecular complexity index is 843. The van der Waals surface area contributed by atoms with E-state index in [0.717, 1.165) is 11.1 Å². The molecule has 0 fully saturated rings. The van der Waals surface area contributed by atoms with Gasteiger partial charge in [-0.15, -0.1) is 0 Å². The largest absolute Gasteiger partial charge is 0.415 e. The molecule has 4 heteroatoms. The molecule has 0 saturated carbocycles. The molecule has 2 aromatic rings. The minimum Gasteiger partial charge on any atom is -0.410 e. The van der Waals surface area contributed by atoms with Crippen LogP contribution in [0.3, 0.4) is 0 Å². The van der Waals surface area contributed by atoms with Crippen LogP contribution >= 0.6 is 0 Å². The molecule has 0 heterocycles. The van der Waals surface area contributed by atoms with E-state index >= 15 is 0 Å². The third-order valence-electron chi connectivity index (χ3n) is 5.32. The van der Waals surface area contributed by atoms with Crippen molar-refractivity contribution < 1.29 is 14.6 Å². The van der Waals surface area contributed by atoms with Gasteiger partial charge in [0, 0.05) is 23.6 Å². The minimum atomic E-state index is -0.668. The van der Waals surface area contributed by atoms with Crippen molar-refractivity contribution in [2.75, 3.05) is 0 Å². The van der Waals surface area contributed by atoms with E-state index in [1.165, 1.54) is 0 Å². The molecule has 2 atom stereocenters. The van der Waals surface area contributed by atoms with Gasteiger partial charge in [-0.3, -0.25) is 0 Å². The molecule has 0 aliphatic rings. The number of hydrogen-bond donors (Lipinski definition) is 1. The Balaban J connectivity index is 2.56. The molecule has 0 bridgehead atoms. The Hall–Kier alpha value is -2.59. The summed E-state index contributed by atoms with van der Waals surface area (Å²) < 4.78 is 5.97. The second kappa shape index (κ2) is 10.6. The minimum absolute atomic E-state index is 0.00890. The van der Waals surface area contributed by atoms with E-state index in [0.29, 0.717) is 5.76 Å². The lowest BCUT2D eigenvalue weighted by Gasteiger charge is -2.33. The molecule has 2 aromatic carbocycles. The number of hydrogen-bond acceptors (Lipinski definition) is 3. The molecule has 4 nitrogen and oxygen atoms in total. The van der Waals surface area contributed by atoms with Gasteiger partial charge in [0.1, 0.15) is 5.76 Å². The van der Waals surface area contributed by atoms with Gasteiger partial charge in [0.05, 0.1) is 6.10 Å². The lowest BCUT2D eigenvalue weighted by Crippen LogP contribution is -2.42. The van der Waals surface area contributed by atoms with Gasteiger partial charge in [0.2, 0.25) is 0 Å². The molecule has 2 rings (SSSR count). The number of rotatable bonds is 7. The third-order valence-corrected chi connectivity index (χ3v) is 5.32. The molecular weight excluding hydrogens is 386 g/mol. The summed E-state index contributed by atoms with van der Waals surface area (Å²) in [5.41, 5.74) is 1.41. The number of amides is 1. The number of benzene rings is 2. The lowest BCUT2D eigenvalue weighted by atomic mass is 9.78. The van der Waals surface area contributed by atoms with E-state index in [9.17, 15) is 9.90 Å². The van der Waals surface area contributed by atoms with Gasteiger partial charge in [-0.25, -0.2) is 4.79 Å². The van der Waals surface area contributed by atoms with Gasteiger partial charge in [-0.2, -0.15) is 0 Å². The maximum atomic E-state index is 13.1. The topological polar surface area (TPSA) is 49.8 Å². The quantitative estimate of drug-likeness (QED) is 0.519. The molecule has 0 radical (unpaired) electrons. The normalized spacial score (nSPS) is 14.5. The van der Waals surface area contributed by atoms with Crippen molar-refractivity contribution in [2.45, 2.75) is 72.6 Å². The monoisotopic (exact) mass is 423 g/mol. The van der Waals surface area contributed by atoms with Crippen molar-refractivity contribution in [3.63, 3.8) is 0 Å². The summed E-state index contributed by atoms with van der Waals surface area (Å²) in [5.74, 6) is 0.116. The molecule has 1 N–H and O–H groups in total. The predicted molar refractivity (Wildman–Crippen MR) is 128 cm³/mol. The number of aliphatic hydroxyl groups is 1. The molecule has 1 amide bonds. The van der Waals surface area contributed by atoms with E-state index in [4.69, 9.17) is 4.74 Å². The van der Waals surface area contributed by atoms with E-state index < -0.39 is 12.2 Å². The van der Waals surface area contributed by atoms with Crippen molar-refractivity contribution >= 4 is 11.9 Å². The number of carbonyl (C=O) groups excluding carboxylic acids is 1. The molecule has 0 aliphatic carbocycles. The molecule has 0 saturated heterocycles. The van der Waals surface area contributed by atoms with Gasteiger partial charge < -0.3 is 14.7 Å². The summed E-state index contributed by atoms with van der Waals surface area (Å²) in [5, 5.41) is 11.2. The van der Waals surface area contributed by atoms with E-state index in [1.807, 2.05) is 115 Å². The van der Waals surface area contributed by atoms with E-state index in [-0.39, 0.29) is 23.4 Å². The zero-order valence-corrected chi connectivity index (χ0v) is 19.9. The third kappa shape index (κ3) is 6.70. The maximum Gasteiger partial charge on any atom is 0.415 e. The first-order valence-electron chi connectivity index (χ1n) is 11.0. The Morgan fingerprint density at radius 2 is 1.39 bits per heavy atom. The SMILES string of the molecule is CC(C)N(C(=O)O/C(=C\[C@H](c1ccccc1)[C@H](O)C(C)(C)C)c1ccccc1)C(C)C. The molecule has 31 heavy (non-hydrogen) atoms. The lowest BCUT2D eigenvalue weighted by molar-refractivity contribution is 0.0504. The highest BCUT2D eigenvalue weighted by molar-refractivity contribution is 5.77. The summed E-state index contributed by atoms with van der Waals surface area (Å²) in [6.45, 7) is 13.9. The maximum absolute atomic E-state index is 13.1. The summed E-state index contributed by atoms with van der Waals surface area (Å²) in [4.78, 5) is 14.8. The van der Waals surface area contributed by atoms with Crippen LogP contribution in [0.1, 0.15) is 65.5 Å². The van der Waals surface area contributed by atoms with Gasteiger partial charge in [0.25, 0.3) is 0 Å². The van der Waals surface area contributed by atoms with Crippen molar-refractivity contribution in [3.05, 3.63) is 77.9 Å². The van der Waals surface area contributed by atoms with Gasteiger partial charge >= 0.3 is 6.09 Å². The van der Waals surface area contributed by atoms with Crippen LogP contribution in [0.2, 0.25) is 0 Å². The zero-order chi connectivity index (χ0) is 23.2. The number of carbonyl (C=O) groups is 1. The van der Waals surface area contributed by atoms with Crippen LogP contribution in [0, 0.1) is 5.41 Å². The van der Waals surface area contributed by atoms with Gasteiger partial charge in [0.15, 0.2) is 0 Å². The zero-order valence-electron chi connectivity index (χ0n) is 19.9. The summed E-state index contributed by atoms with van der Waals surface area (Å²) in [6.07, 6.45) is 0.827. The van der Waals surface area contributed by atoms with Crippen LogP contribution in [0.5, 0.6) is 0 Å². The van der Waals surface area contributed by atoms with Crippen LogP contribution in [0.25, 0.3) is 5.76 Å². The molecule has 0 aromatic heterocycles. The van der Waals surface area contributed by atoms with Crippen molar-refractivity contribution in [3.8, 4) is 0 Å². The van der Waals surface area contributed by atoms with E-state index in [2.05, 4.69) is 0 Å². The highest BCUT2D eigenvalue weighted by Gasteiger charge is 2.32. The van der Waals surface area contributed by atoms with E-state index in [1.54, 1.807) is 4.90 Å². The molecule has 168 valence electrons. The fraction of sp³-hybridized carbons (Fsp3) is 0.444. The van der Waals surface area contributed by atoms with Crippen molar-refractivity contribution in [1.82, 2.24) is 4.90 Å². The van der Waals surface area contributed by atoms with Gasteiger partial charge in [-0.05, 0) is 44.7 Å². The highest BCUT2D eigenvalue weighted by atomic mass is 16.6. The summed E-state index contributed by atoms with van der Waals surface area (Å²) >= 11 is 0. The smallest absolute Gasteiger partial charge is 0.410 e. The molecular formula is C27H37NO3. The Kier molecular flexibility index (Phi) is 8.46. The molecule has 0 aliphatic heterocycles. The van der Waals surface area contributed by atoms with Gasteiger partial charge in [-0.1, -0.05) is 81.4 Å². The fourth-order valence-corrected chi connectivity index (χ4v) is 3.70. The molecule has 0 unspecified atom stereocenters. The van der Waals surface area contributed by atoms with Crippen LogP contribution < -0.4 is 0 Å². The van der Waals surface area contributed by atoms with Crippen LogP contribution in [0.4, 0.5) is 4.79 Å². The Morgan fingerprint density at radius 1 is 0.903 bits per heavy atom. The first-order valence-corrected chi connectivity index (χ1v) is 11.0. The number of aliphatic hydroxyl groups excluding tert-OH is 1. The first-order chi connectivity index (χ1) is 14.5. The Labute approximate surface area is 187 Å². The number of ether oxygens (including phenoxy) is 1. The molecule has 0 spiro atoms. The second-order valence-corrected chi connectivity index (χ2v) is 9.61. The highest BCUT2D eigenvalue weighted by Crippen LogP contribution is 2.35. The van der Waals surface area contributed by atoms with Crippen LogP contribution in [-0.4, -0.2) is 34.3 Å².